The van der Waals surface area contributed by atoms with Crippen molar-refractivity contribution in [2.24, 2.45) is 5.73 Å². The number of hydrogen-bond donors (Lipinski definition) is 2. The van der Waals surface area contributed by atoms with Gasteiger partial charge in [0.05, 0.1) is 6.20 Å². The van der Waals surface area contributed by atoms with Crippen molar-refractivity contribution < 1.29 is 4.74 Å². The lowest BCUT2D eigenvalue weighted by atomic mass is 10.3. The fourth-order valence-corrected chi connectivity index (χ4v) is 1.21. The van der Waals surface area contributed by atoms with Gasteiger partial charge in [0, 0.05) is 12.4 Å². The van der Waals surface area contributed by atoms with E-state index < -0.39 is 0 Å². The molecule has 2 aromatic heterocycles. The van der Waals surface area contributed by atoms with E-state index in [9.17, 15) is 0 Å². The highest BCUT2D eigenvalue weighted by Gasteiger charge is 2.07. The Bertz CT molecular complexity index is 498. The number of nitrogens with zero attached hydrogens (tertiary/aromatic N) is 2. The highest BCUT2D eigenvalue weighted by molar-refractivity contribution is 5.95. The number of rotatable bonds is 3. The van der Waals surface area contributed by atoms with E-state index in [2.05, 4.69) is 9.97 Å². The molecule has 0 bridgehead atoms. The fraction of sp³-hybridized carbons (Fsp3) is 0. The Hall–Kier alpha value is -2.43. The third-order valence-corrected chi connectivity index (χ3v) is 1.89. The van der Waals surface area contributed by atoms with Crippen LogP contribution >= 0.6 is 0 Å². The summed E-state index contributed by atoms with van der Waals surface area (Å²) in [5.41, 5.74) is 5.72. The Balaban J connectivity index is 2.31. The molecule has 0 saturated carbocycles. The molecule has 0 aliphatic carbocycles. The number of nitrogen functional groups attached to an aromatic ring is 1. The highest BCUT2D eigenvalue weighted by atomic mass is 16.5. The first kappa shape index (κ1) is 10.1. The van der Waals surface area contributed by atoms with Crippen molar-refractivity contribution in [1.82, 2.24) is 9.97 Å². The fourth-order valence-electron chi connectivity index (χ4n) is 1.21. The molecule has 2 aromatic rings. The minimum absolute atomic E-state index is 0.125. The van der Waals surface area contributed by atoms with Gasteiger partial charge in [-0.25, -0.2) is 4.98 Å². The van der Waals surface area contributed by atoms with Gasteiger partial charge in [-0.15, -0.1) is 0 Å². The van der Waals surface area contributed by atoms with E-state index in [1.165, 1.54) is 0 Å². The number of hydrogen-bond acceptors (Lipinski definition) is 4. The van der Waals surface area contributed by atoms with Crippen LogP contribution in [0.2, 0.25) is 0 Å². The number of nitrogens with two attached hydrogens (primary N) is 1. The highest BCUT2D eigenvalue weighted by Crippen LogP contribution is 2.22. The topological polar surface area (TPSA) is 84.9 Å². The summed E-state index contributed by atoms with van der Waals surface area (Å²) in [5.74, 6) is 0.903. The van der Waals surface area contributed by atoms with Crippen LogP contribution in [0.25, 0.3) is 0 Å². The molecule has 0 aliphatic rings. The predicted octanol–water partition coefficient (Wildman–Crippen LogP) is 1.55. The summed E-state index contributed by atoms with van der Waals surface area (Å²) < 4.78 is 5.52. The molecule has 5 heteroatoms. The second-order valence-electron chi connectivity index (χ2n) is 3.05. The van der Waals surface area contributed by atoms with Crippen molar-refractivity contribution in [3.8, 4) is 11.5 Å². The molecule has 5 nitrogen and oxygen atoms in total. The van der Waals surface area contributed by atoms with Crippen LogP contribution in [0.4, 0.5) is 0 Å². The number of nitrogens with one attached hydrogen (secondary N) is 1. The van der Waals surface area contributed by atoms with Gasteiger partial charge >= 0.3 is 0 Å². The first-order valence-corrected chi connectivity index (χ1v) is 4.64. The SMILES string of the molecule is N=C(N)c1ncccc1Oc1cccnc1. The van der Waals surface area contributed by atoms with Crippen molar-refractivity contribution in [2.45, 2.75) is 0 Å². The van der Waals surface area contributed by atoms with Gasteiger partial charge in [-0.1, -0.05) is 0 Å². The summed E-state index contributed by atoms with van der Waals surface area (Å²) in [5, 5.41) is 7.36. The Kier molecular flexibility index (Phi) is 2.77. The summed E-state index contributed by atoms with van der Waals surface area (Å²) in [7, 11) is 0. The van der Waals surface area contributed by atoms with Crippen LogP contribution in [0.15, 0.2) is 42.9 Å². The molecule has 0 unspecified atom stereocenters. The van der Waals surface area contributed by atoms with E-state index in [4.69, 9.17) is 15.9 Å². The standard InChI is InChI=1S/C11H10N4O/c12-11(13)10-9(4-2-6-15-10)16-8-3-1-5-14-7-8/h1-7H,(H3,12,13). The molecule has 16 heavy (non-hydrogen) atoms. The van der Waals surface area contributed by atoms with E-state index in [1.54, 1.807) is 42.9 Å². The largest absolute Gasteiger partial charge is 0.453 e. The minimum Gasteiger partial charge on any atom is -0.453 e. The van der Waals surface area contributed by atoms with E-state index in [-0.39, 0.29) is 5.84 Å². The lowest BCUT2D eigenvalue weighted by Crippen LogP contribution is -2.14. The van der Waals surface area contributed by atoms with Gasteiger partial charge in [-0.3, -0.25) is 10.4 Å². The quantitative estimate of drug-likeness (QED) is 0.599. The van der Waals surface area contributed by atoms with E-state index >= 15 is 0 Å². The maximum atomic E-state index is 7.36. The van der Waals surface area contributed by atoms with Gasteiger partial charge in [-0.2, -0.15) is 0 Å². The molecule has 0 atom stereocenters. The third kappa shape index (κ3) is 2.14. The summed E-state index contributed by atoms with van der Waals surface area (Å²) >= 11 is 0. The van der Waals surface area contributed by atoms with Crippen LogP contribution < -0.4 is 10.5 Å². The Morgan fingerprint density at radius 2 is 2.06 bits per heavy atom. The lowest BCUT2D eigenvalue weighted by molar-refractivity contribution is 0.476. The number of ether oxygens (including phenoxy) is 1. The molecule has 0 spiro atoms. The maximum absolute atomic E-state index is 7.36. The summed E-state index contributed by atoms with van der Waals surface area (Å²) in [6.07, 6.45) is 4.80. The molecule has 2 rings (SSSR count). The molecule has 0 fully saturated rings. The summed E-state index contributed by atoms with van der Waals surface area (Å²) in [6, 6.07) is 6.96. The number of pyridine rings is 2. The van der Waals surface area contributed by atoms with E-state index in [1.807, 2.05) is 0 Å². The van der Waals surface area contributed by atoms with Crippen LogP contribution in [0.5, 0.6) is 11.5 Å². The van der Waals surface area contributed by atoms with Crippen LogP contribution in [0.3, 0.4) is 0 Å². The molecule has 0 radical (unpaired) electrons. The third-order valence-electron chi connectivity index (χ3n) is 1.89. The second-order valence-corrected chi connectivity index (χ2v) is 3.05. The lowest BCUT2D eigenvalue weighted by Gasteiger charge is -2.08. The first-order valence-electron chi connectivity index (χ1n) is 4.64. The number of amidine groups is 1. The van der Waals surface area contributed by atoms with Crippen LogP contribution in [-0.4, -0.2) is 15.8 Å². The summed E-state index contributed by atoms with van der Waals surface area (Å²) in [6.45, 7) is 0. The predicted molar refractivity (Wildman–Crippen MR) is 59.6 cm³/mol. The molecular weight excluding hydrogens is 204 g/mol. The Labute approximate surface area is 92.4 Å². The zero-order valence-electron chi connectivity index (χ0n) is 8.42. The molecule has 0 saturated heterocycles. The van der Waals surface area contributed by atoms with Crippen molar-refractivity contribution >= 4 is 5.84 Å². The van der Waals surface area contributed by atoms with Crippen molar-refractivity contribution in [1.29, 1.82) is 5.41 Å². The number of aromatic nitrogens is 2. The first-order chi connectivity index (χ1) is 7.77. The van der Waals surface area contributed by atoms with Gasteiger partial charge in [0.2, 0.25) is 0 Å². The van der Waals surface area contributed by atoms with Gasteiger partial charge in [0.15, 0.2) is 5.75 Å². The second kappa shape index (κ2) is 4.39. The molecule has 0 aliphatic heterocycles. The van der Waals surface area contributed by atoms with Gasteiger partial charge in [-0.05, 0) is 24.3 Å². The maximum Gasteiger partial charge on any atom is 0.156 e. The zero-order chi connectivity index (χ0) is 11.4. The van der Waals surface area contributed by atoms with Crippen LogP contribution in [0.1, 0.15) is 5.69 Å². The van der Waals surface area contributed by atoms with Crippen molar-refractivity contribution in [2.75, 3.05) is 0 Å². The average Bonchev–Trinajstić information content (AvgIpc) is 2.31. The Morgan fingerprint density at radius 1 is 1.25 bits per heavy atom. The molecular formula is C11H10N4O. The van der Waals surface area contributed by atoms with Gasteiger partial charge in [0.1, 0.15) is 17.3 Å². The van der Waals surface area contributed by atoms with Crippen LogP contribution in [0, 0.1) is 5.41 Å². The zero-order valence-corrected chi connectivity index (χ0v) is 8.42. The molecule has 3 N–H and O–H groups in total. The van der Waals surface area contributed by atoms with Crippen molar-refractivity contribution in [3.63, 3.8) is 0 Å². The normalized spacial score (nSPS) is 9.75. The average molecular weight is 214 g/mol. The molecule has 80 valence electrons. The Morgan fingerprint density at radius 3 is 2.75 bits per heavy atom. The van der Waals surface area contributed by atoms with E-state index in [0.717, 1.165) is 0 Å². The summed E-state index contributed by atoms with van der Waals surface area (Å²) in [4.78, 5) is 7.90. The molecule has 0 aromatic carbocycles. The molecule has 2 heterocycles. The molecule has 0 amide bonds. The van der Waals surface area contributed by atoms with Gasteiger partial charge in [0.25, 0.3) is 0 Å². The van der Waals surface area contributed by atoms with Crippen molar-refractivity contribution in [3.05, 3.63) is 48.5 Å². The monoisotopic (exact) mass is 214 g/mol. The smallest absolute Gasteiger partial charge is 0.156 e. The van der Waals surface area contributed by atoms with E-state index in [0.29, 0.717) is 17.2 Å². The minimum atomic E-state index is -0.125. The van der Waals surface area contributed by atoms with Crippen LogP contribution in [-0.2, 0) is 0 Å². The van der Waals surface area contributed by atoms with Gasteiger partial charge < -0.3 is 10.5 Å².